The van der Waals surface area contributed by atoms with Crippen molar-refractivity contribution in [2.24, 2.45) is 5.16 Å². The van der Waals surface area contributed by atoms with E-state index in [-0.39, 0.29) is 11.7 Å². The van der Waals surface area contributed by atoms with Gasteiger partial charge in [-0.15, -0.1) is 0 Å². The van der Waals surface area contributed by atoms with Gasteiger partial charge in [-0.25, -0.2) is 0 Å². The highest BCUT2D eigenvalue weighted by molar-refractivity contribution is 8.14. The normalized spacial score (nSPS) is 12.0. The molecule has 0 saturated heterocycles. The molecule has 0 unspecified atom stereocenters. The van der Waals surface area contributed by atoms with Gasteiger partial charge in [-0.1, -0.05) is 52.6 Å². The Hall–Kier alpha value is -2.48. The Balaban J connectivity index is 1.62. The molecule has 0 aliphatic rings. The first-order chi connectivity index (χ1) is 15.1. The minimum absolute atomic E-state index is 0.130. The number of alkyl halides is 3. The molecule has 0 aliphatic carbocycles. The third kappa shape index (κ3) is 6.51. The largest absolute Gasteiger partial charge is 0.416 e. The first-order valence-corrected chi connectivity index (χ1v) is 10.8. The van der Waals surface area contributed by atoms with E-state index in [0.29, 0.717) is 26.2 Å². The number of rotatable bonds is 6. The van der Waals surface area contributed by atoms with Crippen molar-refractivity contribution in [3.63, 3.8) is 0 Å². The molecule has 0 bridgehead atoms. The minimum atomic E-state index is -4.41. The molecule has 3 aromatic rings. The summed E-state index contributed by atoms with van der Waals surface area (Å²) in [6.07, 6.45) is -4.41. The summed E-state index contributed by atoms with van der Waals surface area (Å²) in [6, 6.07) is 16.4. The van der Waals surface area contributed by atoms with Crippen LogP contribution in [0.3, 0.4) is 0 Å². The molecule has 32 heavy (non-hydrogen) atoms. The smallest absolute Gasteiger partial charge is 0.391 e. The maximum absolute atomic E-state index is 12.7. The summed E-state index contributed by atoms with van der Waals surface area (Å²) >= 11 is 12.8. The molecule has 9 heteroatoms. The van der Waals surface area contributed by atoms with Crippen molar-refractivity contribution in [3.05, 3.63) is 99.0 Å². The standard InChI is InChI=1S/C23H16Cl2F3NO2S/c1-14(16-5-10-20(24)21(25)12-16)29-31-13-15-3-2-4-17(11-15)22(30)32-19-8-6-18(7-9-19)23(26,27)28/h2-12H,13H2,1H3/b29-14-. The Morgan fingerprint density at radius 2 is 1.69 bits per heavy atom. The highest BCUT2D eigenvalue weighted by Crippen LogP contribution is 2.31. The van der Waals surface area contributed by atoms with Crippen LogP contribution in [0.1, 0.15) is 34.0 Å². The zero-order valence-electron chi connectivity index (χ0n) is 16.6. The maximum atomic E-state index is 12.7. The lowest BCUT2D eigenvalue weighted by Gasteiger charge is -2.08. The lowest BCUT2D eigenvalue weighted by Crippen LogP contribution is -2.04. The van der Waals surface area contributed by atoms with E-state index in [1.165, 1.54) is 12.1 Å². The summed E-state index contributed by atoms with van der Waals surface area (Å²) < 4.78 is 38.0. The van der Waals surface area contributed by atoms with Gasteiger partial charge in [0.2, 0.25) is 5.12 Å². The van der Waals surface area contributed by atoms with Gasteiger partial charge in [0, 0.05) is 16.0 Å². The molecule has 0 atom stereocenters. The summed E-state index contributed by atoms with van der Waals surface area (Å²) in [5, 5.41) is 4.63. The molecule has 0 radical (unpaired) electrons. The topological polar surface area (TPSA) is 38.7 Å². The number of thioether (sulfide) groups is 1. The SMILES string of the molecule is C/C(=N/OCc1cccc(C(=O)Sc2ccc(C(F)(F)F)cc2)c1)c1ccc(Cl)c(Cl)c1. The van der Waals surface area contributed by atoms with Crippen LogP contribution in [0.5, 0.6) is 0 Å². The van der Waals surface area contributed by atoms with Crippen molar-refractivity contribution < 1.29 is 22.8 Å². The molecule has 0 saturated carbocycles. The van der Waals surface area contributed by atoms with Crippen LogP contribution in [0.4, 0.5) is 13.2 Å². The molecule has 3 rings (SSSR count). The van der Waals surface area contributed by atoms with E-state index in [0.717, 1.165) is 35.0 Å². The Morgan fingerprint density at radius 3 is 2.34 bits per heavy atom. The molecular formula is C23H16Cl2F3NO2S. The Labute approximate surface area is 197 Å². The van der Waals surface area contributed by atoms with Crippen molar-refractivity contribution >= 4 is 45.8 Å². The molecular weight excluding hydrogens is 482 g/mol. The molecule has 0 fully saturated rings. The number of hydrogen-bond donors (Lipinski definition) is 0. The van der Waals surface area contributed by atoms with Crippen LogP contribution in [0.2, 0.25) is 10.0 Å². The van der Waals surface area contributed by atoms with Gasteiger partial charge in [0.05, 0.1) is 21.3 Å². The average molecular weight is 498 g/mol. The van der Waals surface area contributed by atoms with Gasteiger partial charge in [0.25, 0.3) is 0 Å². The van der Waals surface area contributed by atoms with Crippen molar-refractivity contribution in [2.75, 3.05) is 0 Å². The van der Waals surface area contributed by atoms with Gasteiger partial charge in [-0.2, -0.15) is 13.2 Å². The van der Waals surface area contributed by atoms with E-state index in [2.05, 4.69) is 5.16 Å². The first-order valence-electron chi connectivity index (χ1n) is 9.24. The average Bonchev–Trinajstić information content (AvgIpc) is 2.75. The zero-order valence-corrected chi connectivity index (χ0v) is 18.9. The van der Waals surface area contributed by atoms with E-state index < -0.39 is 11.7 Å². The number of carbonyl (C=O) groups is 1. The second kappa shape index (κ2) is 10.4. The number of oxime groups is 1. The molecule has 0 aliphatic heterocycles. The lowest BCUT2D eigenvalue weighted by atomic mass is 10.1. The summed E-state index contributed by atoms with van der Waals surface area (Å²) in [5.74, 6) is 0. The quantitative estimate of drug-likeness (QED) is 0.197. The van der Waals surface area contributed by atoms with Crippen LogP contribution < -0.4 is 0 Å². The van der Waals surface area contributed by atoms with E-state index >= 15 is 0 Å². The summed E-state index contributed by atoms with van der Waals surface area (Å²) in [5.41, 5.74) is 1.73. The monoisotopic (exact) mass is 497 g/mol. The molecule has 0 heterocycles. The number of carbonyl (C=O) groups excluding carboxylic acids is 1. The molecule has 166 valence electrons. The van der Waals surface area contributed by atoms with Crippen LogP contribution in [-0.2, 0) is 17.6 Å². The van der Waals surface area contributed by atoms with Gasteiger partial charge in [0.1, 0.15) is 6.61 Å². The van der Waals surface area contributed by atoms with Crippen LogP contribution >= 0.6 is 35.0 Å². The highest BCUT2D eigenvalue weighted by Gasteiger charge is 2.30. The number of hydrogen-bond acceptors (Lipinski definition) is 4. The molecule has 3 aromatic carbocycles. The fourth-order valence-electron chi connectivity index (χ4n) is 2.64. The van der Waals surface area contributed by atoms with Crippen LogP contribution in [0.25, 0.3) is 0 Å². The molecule has 3 nitrogen and oxygen atoms in total. The number of halogens is 5. The fraction of sp³-hybridized carbons (Fsp3) is 0.130. The Bertz CT molecular complexity index is 1150. The maximum Gasteiger partial charge on any atom is 0.416 e. The van der Waals surface area contributed by atoms with Crippen LogP contribution in [-0.4, -0.2) is 10.8 Å². The molecule has 0 N–H and O–H groups in total. The van der Waals surface area contributed by atoms with Crippen LogP contribution in [0, 0.1) is 0 Å². The zero-order chi connectivity index (χ0) is 23.3. The molecule has 0 amide bonds. The second-order valence-electron chi connectivity index (χ2n) is 6.69. The number of nitrogens with zero attached hydrogens (tertiary/aromatic N) is 1. The predicted octanol–water partition coefficient (Wildman–Crippen LogP) is 7.89. The summed E-state index contributed by atoms with van der Waals surface area (Å²) in [7, 11) is 0. The van der Waals surface area contributed by atoms with Gasteiger partial charge in [0.15, 0.2) is 0 Å². The van der Waals surface area contributed by atoms with Crippen LogP contribution in [0.15, 0.2) is 76.8 Å². The highest BCUT2D eigenvalue weighted by atomic mass is 35.5. The van der Waals surface area contributed by atoms with E-state index in [4.69, 9.17) is 28.0 Å². The van der Waals surface area contributed by atoms with Crippen molar-refractivity contribution in [2.45, 2.75) is 24.6 Å². The Morgan fingerprint density at radius 1 is 0.969 bits per heavy atom. The predicted molar refractivity (Wildman–Crippen MR) is 122 cm³/mol. The van der Waals surface area contributed by atoms with E-state index in [9.17, 15) is 18.0 Å². The fourth-order valence-corrected chi connectivity index (χ4v) is 3.67. The summed E-state index contributed by atoms with van der Waals surface area (Å²) in [4.78, 5) is 18.3. The van der Waals surface area contributed by atoms with Crippen molar-refractivity contribution in [1.29, 1.82) is 0 Å². The van der Waals surface area contributed by atoms with Gasteiger partial charge in [-0.3, -0.25) is 4.79 Å². The van der Waals surface area contributed by atoms with Gasteiger partial charge >= 0.3 is 6.18 Å². The second-order valence-corrected chi connectivity index (χ2v) is 8.55. The lowest BCUT2D eigenvalue weighted by molar-refractivity contribution is -0.137. The first kappa shape index (κ1) is 24.2. The van der Waals surface area contributed by atoms with Gasteiger partial charge < -0.3 is 4.84 Å². The van der Waals surface area contributed by atoms with Crippen molar-refractivity contribution in [3.8, 4) is 0 Å². The molecule has 0 spiro atoms. The van der Waals surface area contributed by atoms with Crippen molar-refractivity contribution in [1.82, 2.24) is 0 Å². The van der Waals surface area contributed by atoms with E-state index in [1.807, 2.05) is 0 Å². The third-order valence-corrected chi connectivity index (χ3v) is 5.99. The van der Waals surface area contributed by atoms with E-state index in [1.54, 1.807) is 49.4 Å². The number of benzene rings is 3. The third-order valence-electron chi connectivity index (χ3n) is 4.32. The van der Waals surface area contributed by atoms with Gasteiger partial charge in [-0.05, 0) is 66.7 Å². The Kier molecular flexibility index (Phi) is 7.87. The minimum Gasteiger partial charge on any atom is -0.391 e. The molecule has 0 aromatic heterocycles. The summed E-state index contributed by atoms with van der Waals surface area (Å²) in [6.45, 7) is 1.89.